The average molecular weight is 363 g/mol. The van der Waals surface area contributed by atoms with Gasteiger partial charge in [0.25, 0.3) is 0 Å². The Morgan fingerprint density at radius 3 is 2.54 bits per heavy atom. The quantitative estimate of drug-likeness (QED) is 0.620. The Hall–Kier alpha value is -3.56. The number of nitrogens with zero attached hydrogens (tertiary/aromatic N) is 3. The average Bonchev–Trinajstić information content (AvgIpc) is 2.99. The fourth-order valence-electron chi connectivity index (χ4n) is 2.53. The molecule has 0 spiro atoms. The number of aromatic nitrogens is 3. The number of urea groups is 1. The second-order valence-electron chi connectivity index (χ2n) is 5.30. The van der Waals surface area contributed by atoms with Gasteiger partial charge in [0.05, 0.1) is 16.8 Å². The van der Waals surface area contributed by atoms with Crippen LogP contribution in [0.4, 0.5) is 23.7 Å². The number of carbonyl (C=O) groups is 1. The van der Waals surface area contributed by atoms with Gasteiger partial charge in [-0.2, -0.15) is 17.9 Å². The number of nitrogens with one attached hydrogen (secondary N) is 1. The van der Waals surface area contributed by atoms with E-state index in [0.29, 0.717) is 10.3 Å². The maximum Gasteiger partial charge on any atom is 0.416 e. The Labute approximate surface area is 144 Å². The second kappa shape index (κ2) is 6.39. The van der Waals surface area contributed by atoms with Gasteiger partial charge < -0.3 is 16.3 Å². The molecule has 1 aromatic heterocycles. The summed E-state index contributed by atoms with van der Waals surface area (Å²) in [5.41, 5.74) is 5.16. The molecule has 0 atom stereocenters. The highest BCUT2D eigenvalue weighted by atomic mass is 19.4. The number of benzene rings is 2. The molecule has 0 radical (unpaired) electrons. The van der Waals surface area contributed by atoms with Gasteiger partial charge in [0, 0.05) is 0 Å². The first kappa shape index (κ1) is 17.3. The highest BCUT2D eigenvalue weighted by Gasteiger charge is 2.31. The van der Waals surface area contributed by atoms with Crippen molar-refractivity contribution in [1.82, 2.24) is 14.9 Å². The van der Waals surface area contributed by atoms with E-state index in [9.17, 15) is 23.2 Å². The topological polar surface area (TPSA) is 106 Å². The van der Waals surface area contributed by atoms with Crippen LogP contribution < -0.4 is 11.1 Å². The molecular weight excluding hydrogens is 351 g/mol. The maximum atomic E-state index is 13.0. The largest absolute Gasteiger partial charge is 0.425 e. The lowest BCUT2D eigenvalue weighted by atomic mass is 9.96. The number of primary amides is 1. The van der Waals surface area contributed by atoms with Gasteiger partial charge in [-0.05, 0) is 29.3 Å². The van der Waals surface area contributed by atoms with Crippen molar-refractivity contribution in [2.45, 2.75) is 6.18 Å². The lowest BCUT2D eigenvalue weighted by molar-refractivity contribution is -0.137. The molecule has 10 heteroatoms. The van der Waals surface area contributed by atoms with E-state index in [0.717, 1.165) is 18.5 Å². The van der Waals surface area contributed by atoms with E-state index >= 15 is 0 Å². The third kappa shape index (κ3) is 3.29. The molecule has 3 aromatic rings. The Balaban J connectivity index is 2.25. The minimum atomic E-state index is -4.52. The summed E-state index contributed by atoms with van der Waals surface area (Å²) in [5, 5.41) is 19.6. The van der Waals surface area contributed by atoms with E-state index in [2.05, 4.69) is 15.5 Å². The number of hydrogen-bond donors (Lipinski definition) is 3. The van der Waals surface area contributed by atoms with Crippen LogP contribution in [0.5, 0.6) is 0 Å². The normalized spacial score (nSPS) is 11.3. The summed E-state index contributed by atoms with van der Waals surface area (Å²) in [7, 11) is 0. The first-order chi connectivity index (χ1) is 12.3. The Bertz CT molecular complexity index is 969. The predicted molar refractivity (Wildman–Crippen MR) is 86.3 cm³/mol. The molecule has 3 rings (SSSR count). The Kier molecular flexibility index (Phi) is 4.24. The molecule has 26 heavy (non-hydrogen) atoms. The molecule has 0 unspecified atom stereocenters. The summed E-state index contributed by atoms with van der Waals surface area (Å²) in [5.74, 6) is -0.0678. The molecule has 2 amide bonds. The lowest BCUT2D eigenvalue weighted by Crippen LogP contribution is -2.20. The Morgan fingerprint density at radius 1 is 1.19 bits per heavy atom. The third-order valence-electron chi connectivity index (χ3n) is 3.58. The van der Waals surface area contributed by atoms with Crippen LogP contribution in [-0.4, -0.2) is 26.2 Å². The predicted octanol–water partition coefficient (Wildman–Crippen LogP) is 3.36. The summed E-state index contributed by atoms with van der Waals surface area (Å²) in [6.07, 6.45) is -3.51. The minimum Gasteiger partial charge on any atom is -0.425 e. The van der Waals surface area contributed by atoms with E-state index in [4.69, 9.17) is 5.73 Å². The molecule has 0 saturated heterocycles. The zero-order valence-corrected chi connectivity index (χ0v) is 13.0. The summed E-state index contributed by atoms with van der Waals surface area (Å²) < 4.78 is 39.7. The van der Waals surface area contributed by atoms with Crippen LogP contribution in [0.3, 0.4) is 0 Å². The van der Waals surface area contributed by atoms with Gasteiger partial charge in [-0.15, -0.1) is 10.2 Å². The van der Waals surface area contributed by atoms with Crippen LogP contribution in [0.2, 0.25) is 0 Å². The first-order valence-electron chi connectivity index (χ1n) is 7.24. The number of nitrogens with two attached hydrogens (primary N) is 1. The molecule has 0 saturated carbocycles. The van der Waals surface area contributed by atoms with Crippen molar-refractivity contribution in [2.75, 3.05) is 5.32 Å². The van der Waals surface area contributed by atoms with Crippen LogP contribution >= 0.6 is 0 Å². The number of carbonyl (C=O) groups excluding carboxylic acids is 1. The van der Waals surface area contributed by atoms with Gasteiger partial charge in [0.15, 0.2) is 6.33 Å². The molecule has 1 heterocycles. The highest BCUT2D eigenvalue weighted by molar-refractivity contribution is 5.97. The fourth-order valence-corrected chi connectivity index (χ4v) is 2.53. The van der Waals surface area contributed by atoms with Gasteiger partial charge in [-0.1, -0.05) is 24.3 Å². The zero-order valence-electron chi connectivity index (χ0n) is 13.0. The summed E-state index contributed by atoms with van der Waals surface area (Å²) >= 11 is 0. The minimum absolute atomic E-state index is 0.0678. The fraction of sp³-hybridized carbons (Fsp3) is 0.0625. The number of hydrogen-bond acceptors (Lipinski definition) is 4. The molecule has 0 bridgehead atoms. The number of amides is 2. The van der Waals surface area contributed by atoms with Crippen LogP contribution in [0.25, 0.3) is 22.5 Å². The standard InChI is InChI=1S/C16H12F3N5O2/c17-16(18,19)10-4-1-3-9(7-10)11-5-2-6-12(22-15(20)25)13(11)14-23-21-8-24(14)26/h1-8,26H,(H3,20,22,25). The molecule has 134 valence electrons. The van der Waals surface area contributed by atoms with Gasteiger partial charge in [0.2, 0.25) is 5.82 Å². The van der Waals surface area contributed by atoms with Gasteiger partial charge >= 0.3 is 12.2 Å². The lowest BCUT2D eigenvalue weighted by Gasteiger charge is -2.15. The number of rotatable bonds is 3. The van der Waals surface area contributed by atoms with Crippen molar-refractivity contribution in [2.24, 2.45) is 5.73 Å². The summed E-state index contributed by atoms with van der Waals surface area (Å²) in [6, 6.07) is 8.31. The van der Waals surface area contributed by atoms with Gasteiger partial charge in [-0.3, -0.25) is 0 Å². The highest BCUT2D eigenvalue weighted by Crippen LogP contribution is 2.38. The molecule has 7 nitrogen and oxygen atoms in total. The molecule has 2 aromatic carbocycles. The van der Waals surface area contributed by atoms with Gasteiger partial charge in [0.1, 0.15) is 0 Å². The van der Waals surface area contributed by atoms with Crippen molar-refractivity contribution >= 4 is 11.7 Å². The van der Waals surface area contributed by atoms with Crippen molar-refractivity contribution in [1.29, 1.82) is 0 Å². The van der Waals surface area contributed by atoms with Crippen LogP contribution in [0, 0.1) is 0 Å². The smallest absolute Gasteiger partial charge is 0.416 e. The van der Waals surface area contributed by atoms with Crippen LogP contribution in [0.1, 0.15) is 5.56 Å². The second-order valence-corrected chi connectivity index (χ2v) is 5.30. The third-order valence-corrected chi connectivity index (χ3v) is 3.58. The SMILES string of the molecule is NC(=O)Nc1cccc(-c2cccc(C(F)(F)F)c2)c1-c1nncn1O. The van der Waals surface area contributed by atoms with Gasteiger partial charge in [-0.25, -0.2) is 4.79 Å². The molecule has 0 aliphatic rings. The Morgan fingerprint density at radius 2 is 1.92 bits per heavy atom. The molecule has 4 N–H and O–H groups in total. The molecule has 0 fully saturated rings. The van der Waals surface area contributed by atoms with Crippen molar-refractivity contribution in [3.05, 3.63) is 54.4 Å². The first-order valence-corrected chi connectivity index (χ1v) is 7.24. The van der Waals surface area contributed by atoms with E-state index in [1.54, 1.807) is 0 Å². The van der Waals surface area contributed by atoms with E-state index in [1.807, 2.05) is 0 Å². The van der Waals surface area contributed by atoms with E-state index in [1.165, 1.54) is 30.3 Å². The van der Waals surface area contributed by atoms with Crippen LogP contribution in [-0.2, 0) is 6.18 Å². The zero-order chi connectivity index (χ0) is 18.9. The summed E-state index contributed by atoms with van der Waals surface area (Å²) in [6.45, 7) is 0. The van der Waals surface area contributed by atoms with Crippen molar-refractivity contribution in [3.8, 4) is 22.5 Å². The van der Waals surface area contributed by atoms with E-state index in [-0.39, 0.29) is 22.6 Å². The maximum absolute atomic E-state index is 13.0. The number of anilines is 1. The van der Waals surface area contributed by atoms with Crippen LogP contribution in [0.15, 0.2) is 48.8 Å². The van der Waals surface area contributed by atoms with Crippen molar-refractivity contribution in [3.63, 3.8) is 0 Å². The molecular formula is C16H12F3N5O2. The summed E-state index contributed by atoms with van der Waals surface area (Å²) in [4.78, 5) is 11.3. The molecule has 0 aliphatic carbocycles. The molecule has 0 aliphatic heterocycles. The number of alkyl halides is 3. The van der Waals surface area contributed by atoms with E-state index < -0.39 is 17.8 Å². The number of halogens is 3. The van der Waals surface area contributed by atoms with Crippen molar-refractivity contribution < 1.29 is 23.2 Å². The monoisotopic (exact) mass is 363 g/mol.